The van der Waals surface area contributed by atoms with Crippen molar-refractivity contribution >= 4 is 11.7 Å². The van der Waals surface area contributed by atoms with Crippen LogP contribution < -0.4 is 5.73 Å². The fraction of sp³-hybridized carbons (Fsp3) is 0.222. The van der Waals surface area contributed by atoms with Crippen LogP contribution in [0.2, 0.25) is 0 Å². The molecule has 3 N–H and O–H groups in total. The zero-order chi connectivity index (χ0) is 10.2. The largest absolute Gasteiger partial charge is 0.478 e. The summed E-state index contributed by atoms with van der Waals surface area (Å²) in [4.78, 5) is 10.5. The molecular formula is C9H10FNO2. The van der Waals surface area contributed by atoms with E-state index in [1.165, 1.54) is 6.92 Å². The Balaban J connectivity index is 3.50. The van der Waals surface area contributed by atoms with Gasteiger partial charge in [0.05, 0.1) is 5.56 Å². The minimum Gasteiger partial charge on any atom is -0.478 e. The molecule has 0 fully saturated rings. The fourth-order valence-corrected chi connectivity index (χ4v) is 1.07. The highest BCUT2D eigenvalue weighted by Gasteiger charge is 2.15. The molecule has 0 aliphatic heterocycles. The zero-order valence-corrected chi connectivity index (χ0v) is 7.39. The molecule has 13 heavy (non-hydrogen) atoms. The number of benzene rings is 1. The molecule has 0 bridgehead atoms. The van der Waals surface area contributed by atoms with E-state index in [0.717, 1.165) is 6.07 Å². The number of nitrogen functional groups attached to an aromatic ring is 1. The Morgan fingerprint density at radius 2 is 2.00 bits per heavy atom. The van der Waals surface area contributed by atoms with Crippen molar-refractivity contribution in [2.24, 2.45) is 0 Å². The van der Waals surface area contributed by atoms with E-state index in [-0.39, 0.29) is 11.1 Å². The molecular weight excluding hydrogens is 173 g/mol. The Labute approximate surface area is 75.0 Å². The lowest BCUT2D eigenvalue weighted by molar-refractivity contribution is 0.0691. The quantitative estimate of drug-likeness (QED) is 0.651. The van der Waals surface area contributed by atoms with Crippen molar-refractivity contribution in [1.29, 1.82) is 0 Å². The van der Waals surface area contributed by atoms with Crippen LogP contribution in [0.15, 0.2) is 6.07 Å². The number of carboxylic acids is 1. The van der Waals surface area contributed by atoms with E-state index in [1.807, 2.05) is 0 Å². The molecule has 0 spiro atoms. The average Bonchev–Trinajstić information content (AvgIpc) is 2.07. The zero-order valence-electron chi connectivity index (χ0n) is 7.39. The number of anilines is 1. The molecule has 0 saturated heterocycles. The lowest BCUT2D eigenvalue weighted by Gasteiger charge is -2.07. The maximum absolute atomic E-state index is 13.3. The maximum Gasteiger partial charge on any atom is 0.338 e. The predicted molar refractivity (Wildman–Crippen MR) is 47.2 cm³/mol. The molecule has 0 aromatic heterocycles. The van der Waals surface area contributed by atoms with Crippen molar-refractivity contribution in [3.63, 3.8) is 0 Å². The predicted octanol–water partition coefficient (Wildman–Crippen LogP) is 1.72. The second-order valence-electron chi connectivity index (χ2n) is 2.88. The minimum atomic E-state index is -1.30. The molecule has 0 atom stereocenters. The molecule has 1 rings (SSSR count). The Morgan fingerprint density at radius 3 is 2.46 bits per heavy atom. The van der Waals surface area contributed by atoms with E-state index in [1.54, 1.807) is 6.92 Å². The Kier molecular flexibility index (Phi) is 2.23. The van der Waals surface area contributed by atoms with E-state index in [4.69, 9.17) is 10.8 Å². The average molecular weight is 183 g/mol. The number of rotatable bonds is 1. The Morgan fingerprint density at radius 1 is 1.46 bits per heavy atom. The van der Waals surface area contributed by atoms with Crippen LogP contribution in [0.1, 0.15) is 21.5 Å². The molecule has 4 heteroatoms. The van der Waals surface area contributed by atoms with Crippen LogP contribution in [-0.4, -0.2) is 11.1 Å². The van der Waals surface area contributed by atoms with Gasteiger partial charge in [0, 0.05) is 5.69 Å². The lowest BCUT2D eigenvalue weighted by Crippen LogP contribution is -2.06. The second kappa shape index (κ2) is 3.05. The van der Waals surface area contributed by atoms with Crippen molar-refractivity contribution < 1.29 is 14.3 Å². The third-order valence-electron chi connectivity index (χ3n) is 2.09. The SMILES string of the molecule is Cc1c(N)cc(C(=O)O)c(F)c1C. The van der Waals surface area contributed by atoms with Gasteiger partial charge in [0.1, 0.15) is 5.82 Å². The van der Waals surface area contributed by atoms with Crippen molar-refractivity contribution in [1.82, 2.24) is 0 Å². The van der Waals surface area contributed by atoms with Crippen LogP contribution in [0.5, 0.6) is 0 Å². The van der Waals surface area contributed by atoms with Crippen molar-refractivity contribution in [2.45, 2.75) is 13.8 Å². The summed E-state index contributed by atoms with van der Waals surface area (Å²) in [5, 5.41) is 8.61. The summed E-state index contributed by atoms with van der Waals surface area (Å²) in [6, 6.07) is 1.14. The number of hydrogen-bond acceptors (Lipinski definition) is 2. The molecule has 0 heterocycles. The summed E-state index contributed by atoms with van der Waals surface area (Å²) in [5.74, 6) is -2.01. The number of halogens is 1. The van der Waals surface area contributed by atoms with Gasteiger partial charge in [-0.2, -0.15) is 0 Å². The monoisotopic (exact) mass is 183 g/mol. The lowest BCUT2D eigenvalue weighted by atomic mass is 10.0. The first-order chi connectivity index (χ1) is 5.95. The Hall–Kier alpha value is -1.58. The van der Waals surface area contributed by atoms with Gasteiger partial charge in [-0.05, 0) is 31.0 Å². The van der Waals surface area contributed by atoms with Crippen molar-refractivity contribution in [2.75, 3.05) is 5.73 Å². The maximum atomic E-state index is 13.3. The van der Waals surface area contributed by atoms with Crippen LogP contribution in [0, 0.1) is 19.7 Å². The highest BCUT2D eigenvalue weighted by atomic mass is 19.1. The number of carbonyl (C=O) groups is 1. The molecule has 1 aromatic carbocycles. The molecule has 0 aliphatic rings. The standard InChI is InChI=1S/C9H10FNO2/c1-4-5(2)8(10)6(9(12)13)3-7(4)11/h3H,11H2,1-2H3,(H,12,13). The number of nitrogens with two attached hydrogens (primary N) is 1. The normalized spacial score (nSPS) is 10.1. The van der Waals surface area contributed by atoms with E-state index >= 15 is 0 Å². The summed E-state index contributed by atoms with van der Waals surface area (Å²) in [5.41, 5.74) is 6.30. The van der Waals surface area contributed by atoms with Gasteiger partial charge in [0.25, 0.3) is 0 Å². The third kappa shape index (κ3) is 1.47. The van der Waals surface area contributed by atoms with Crippen molar-refractivity contribution in [3.05, 3.63) is 28.6 Å². The summed E-state index contributed by atoms with van der Waals surface area (Å²) in [6.45, 7) is 3.16. The summed E-state index contributed by atoms with van der Waals surface area (Å²) in [6.07, 6.45) is 0. The van der Waals surface area contributed by atoms with Gasteiger partial charge < -0.3 is 10.8 Å². The molecule has 0 amide bonds. The molecule has 3 nitrogen and oxygen atoms in total. The van der Waals surface area contributed by atoms with E-state index in [0.29, 0.717) is 11.3 Å². The highest BCUT2D eigenvalue weighted by Crippen LogP contribution is 2.22. The first-order valence-electron chi connectivity index (χ1n) is 3.73. The summed E-state index contributed by atoms with van der Waals surface area (Å²) in [7, 11) is 0. The summed E-state index contributed by atoms with van der Waals surface area (Å²) < 4.78 is 13.3. The molecule has 0 radical (unpaired) electrons. The number of hydrogen-bond donors (Lipinski definition) is 2. The van der Waals surface area contributed by atoms with Gasteiger partial charge in [0.2, 0.25) is 0 Å². The van der Waals surface area contributed by atoms with Crippen LogP contribution in [-0.2, 0) is 0 Å². The summed E-state index contributed by atoms with van der Waals surface area (Å²) >= 11 is 0. The third-order valence-corrected chi connectivity index (χ3v) is 2.09. The minimum absolute atomic E-state index is 0.289. The van der Waals surface area contributed by atoms with Gasteiger partial charge in [-0.15, -0.1) is 0 Å². The van der Waals surface area contributed by atoms with Gasteiger partial charge in [-0.3, -0.25) is 0 Å². The van der Waals surface area contributed by atoms with Crippen molar-refractivity contribution in [3.8, 4) is 0 Å². The molecule has 1 aromatic rings. The topological polar surface area (TPSA) is 63.3 Å². The first kappa shape index (κ1) is 9.51. The molecule has 0 unspecified atom stereocenters. The van der Waals surface area contributed by atoms with Gasteiger partial charge in [-0.25, -0.2) is 9.18 Å². The molecule has 70 valence electrons. The Bertz CT molecular complexity index is 374. The van der Waals surface area contributed by atoms with Gasteiger partial charge in [0.15, 0.2) is 0 Å². The van der Waals surface area contributed by atoms with E-state index in [9.17, 15) is 9.18 Å². The number of aromatic carboxylic acids is 1. The number of carboxylic acid groups (broad SMARTS) is 1. The van der Waals surface area contributed by atoms with Crippen LogP contribution in [0.3, 0.4) is 0 Å². The highest BCUT2D eigenvalue weighted by molar-refractivity contribution is 5.89. The smallest absolute Gasteiger partial charge is 0.338 e. The van der Waals surface area contributed by atoms with E-state index < -0.39 is 11.8 Å². The van der Waals surface area contributed by atoms with E-state index in [2.05, 4.69) is 0 Å². The van der Waals surface area contributed by atoms with Crippen LogP contribution in [0.25, 0.3) is 0 Å². The van der Waals surface area contributed by atoms with Crippen LogP contribution >= 0.6 is 0 Å². The fourth-order valence-electron chi connectivity index (χ4n) is 1.07. The first-order valence-corrected chi connectivity index (χ1v) is 3.73. The molecule has 0 saturated carbocycles. The molecule has 0 aliphatic carbocycles. The van der Waals surface area contributed by atoms with Gasteiger partial charge in [-0.1, -0.05) is 0 Å². The second-order valence-corrected chi connectivity index (χ2v) is 2.88. The van der Waals surface area contributed by atoms with Gasteiger partial charge >= 0.3 is 5.97 Å². The van der Waals surface area contributed by atoms with Crippen LogP contribution in [0.4, 0.5) is 10.1 Å².